The van der Waals surface area contributed by atoms with E-state index in [9.17, 15) is 9.90 Å². The summed E-state index contributed by atoms with van der Waals surface area (Å²) in [5.74, 6) is 0.387. The highest BCUT2D eigenvalue weighted by atomic mass is 16.3. The van der Waals surface area contributed by atoms with Crippen molar-refractivity contribution < 1.29 is 9.90 Å². The summed E-state index contributed by atoms with van der Waals surface area (Å²) in [6, 6.07) is 17.8. The first-order valence-electron chi connectivity index (χ1n) is 8.87. The van der Waals surface area contributed by atoms with Gasteiger partial charge in [-0.15, -0.1) is 0 Å². The molecule has 0 saturated heterocycles. The lowest BCUT2D eigenvalue weighted by Crippen LogP contribution is -2.28. The Bertz CT molecular complexity index is 645. The summed E-state index contributed by atoms with van der Waals surface area (Å²) < 4.78 is 0. The van der Waals surface area contributed by atoms with Crippen molar-refractivity contribution in [3.63, 3.8) is 0 Å². The smallest absolute Gasteiger partial charge is 0.253 e. The molecule has 24 heavy (non-hydrogen) atoms. The molecule has 2 aromatic rings. The quantitative estimate of drug-likeness (QED) is 0.814. The fourth-order valence-electron chi connectivity index (χ4n) is 3.43. The third-order valence-corrected chi connectivity index (χ3v) is 4.89. The standard InChI is InChI=1S/C21H25NO2/c23-20(15-10-16-6-4-5-7-16)21(24)22-19-13-11-18(12-14-19)17-8-2-1-3-9-17/h1-3,8-9,11-14,16,20,23H,4-7,10,15H2,(H,22,24). The minimum Gasteiger partial charge on any atom is -0.383 e. The van der Waals surface area contributed by atoms with Crippen LogP contribution in [0.4, 0.5) is 5.69 Å². The summed E-state index contributed by atoms with van der Waals surface area (Å²) in [5, 5.41) is 12.9. The molecule has 1 aliphatic carbocycles. The molecular formula is C21H25NO2. The van der Waals surface area contributed by atoms with E-state index in [4.69, 9.17) is 0 Å². The van der Waals surface area contributed by atoms with Gasteiger partial charge in [-0.3, -0.25) is 4.79 Å². The maximum absolute atomic E-state index is 12.1. The number of carbonyl (C=O) groups is 1. The van der Waals surface area contributed by atoms with Crippen molar-refractivity contribution >= 4 is 11.6 Å². The van der Waals surface area contributed by atoms with Crippen LogP contribution >= 0.6 is 0 Å². The van der Waals surface area contributed by atoms with Gasteiger partial charge in [0.15, 0.2) is 0 Å². The Kier molecular flexibility index (Phi) is 5.65. The largest absolute Gasteiger partial charge is 0.383 e. The average molecular weight is 323 g/mol. The molecule has 2 N–H and O–H groups in total. The van der Waals surface area contributed by atoms with E-state index < -0.39 is 6.10 Å². The Labute approximate surface area is 143 Å². The van der Waals surface area contributed by atoms with Crippen LogP contribution in [0.15, 0.2) is 54.6 Å². The Hall–Kier alpha value is -2.13. The Morgan fingerprint density at radius 3 is 2.29 bits per heavy atom. The maximum atomic E-state index is 12.1. The first kappa shape index (κ1) is 16.7. The van der Waals surface area contributed by atoms with Crippen molar-refractivity contribution in [2.75, 3.05) is 5.32 Å². The SMILES string of the molecule is O=C(Nc1ccc(-c2ccccc2)cc1)C(O)CCC1CCCC1. The van der Waals surface area contributed by atoms with Gasteiger partial charge >= 0.3 is 0 Å². The van der Waals surface area contributed by atoms with E-state index in [2.05, 4.69) is 17.4 Å². The van der Waals surface area contributed by atoms with Crippen LogP contribution in [0.1, 0.15) is 38.5 Å². The Balaban J connectivity index is 1.52. The molecule has 2 aromatic carbocycles. The molecule has 1 amide bonds. The summed E-state index contributed by atoms with van der Waals surface area (Å²) >= 11 is 0. The monoisotopic (exact) mass is 323 g/mol. The number of amides is 1. The second-order valence-electron chi connectivity index (χ2n) is 6.68. The zero-order valence-corrected chi connectivity index (χ0v) is 13.9. The van der Waals surface area contributed by atoms with E-state index in [0.717, 1.165) is 23.2 Å². The predicted molar refractivity (Wildman–Crippen MR) is 97.7 cm³/mol. The van der Waals surface area contributed by atoms with Crippen LogP contribution in [0.5, 0.6) is 0 Å². The van der Waals surface area contributed by atoms with E-state index in [0.29, 0.717) is 12.3 Å². The van der Waals surface area contributed by atoms with Gasteiger partial charge in [-0.1, -0.05) is 68.1 Å². The molecule has 1 unspecified atom stereocenters. The summed E-state index contributed by atoms with van der Waals surface area (Å²) in [5.41, 5.74) is 2.97. The van der Waals surface area contributed by atoms with E-state index in [1.54, 1.807) is 0 Å². The third kappa shape index (κ3) is 4.45. The van der Waals surface area contributed by atoms with E-state index in [-0.39, 0.29) is 5.91 Å². The van der Waals surface area contributed by atoms with Crippen molar-refractivity contribution in [1.29, 1.82) is 0 Å². The molecule has 126 valence electrons. The van der Waals surface area contributed by atoms with Crippen LogP contribution in [0.25, 0.3) is 11.1 Å². The second-order valence-corrected chi connectivity index (χ2v) is 6.68. The summed E-state index contributed by atoms with van der Waals surface area (Å²) in [6.45, 7) is 0. The number of nitrogens with one attached hydrogen (secondary N) is 1. The molecule has 3 nitrogen and oxygen atoms in total. The molecule has 1 atom stereocenters. The molecule has 0 spiro atoms. The van der Waals surface area contributed by atoms with Crippen LogP contribution in [0.3, 0.4) is 0 Å². The van der Waals surface area contributed by atoms with Crippen molar-refractivity contribution in [2.45, 2.75) is 44.6 Å². The lowest BCUT2D eigenvalue weighted by Gasteiger charge is -2.14. The number of carbonyl (C=O) groups excluding carboxylic acids is 1. The van der Waals surface area contributed by atoms with Gasteiger partial charge in [0.25, 0.3) is 5.91 Å². The zero-order valence-electron chi connectivity index (χ0n) is 13.9. The number of hydrogen-bond acceptors (Lipinski definition) is 2. The van der Waals surface area contributed by atoms with Crippen molar-refractivity contribution in [1.82, 2.24) is 0 Å². The topological polar surface area (TPSA) is 49.3 Å². The molecule has 0 aliphatic heterocycles. The van der Waals surface area contributed by atoms with E-state index >= 15 is 0 Å². The van der Waals surface area contributed by atoms with Crippen LogP contribution in [0, 0.1) is 5.92 Å². The van der Waals surface area contributed by atoms with E-state index in [1.807, 2.05) is 42.5 Å². The van der Waals surface area contributed by atoms with Gasteiger partial charge < -0.3 is 10.4 Å². The molecule has 1 fully saturated rings. The summed E-state index contributed by atoms with van der Waals surface area (Å²) in [4.78, 5) is 12.1. The Morgan fingerprint density at radius 1 is 1.00 bits per heavy atom. The molecule has 1 saturated carbocycles. The first-order chi connectivity index (χ1) is 11.7. The van der Waals surface area contributed by atoms with Crippen molar-refractivity contribution in [2.24, 2.45) is 5.92 Å². The molecular weight excluding hydrogens is 298 g/mol. The predicted octanol–water partition coefficient (Wildman–Crippen LogP) is 4.62. The van der Waals surface area contributed by atoms with Gasteiger partial charge in [0.1, 0.15) is 6.10 Å². The van der Waals surface area contributed by atoms with Crippen LogP contribution in [0.2, 0.25) is 0 Å². The molecule has 0 radical (unpaired) electrons. The molecule has 0 bridgehead atoms. The minimum atomic E-state index is -0.917. The lowest BCUT2D eigenvalue weighted by molar-refractivity contribution is -0.124. The lowest BCUT2D eigenvalue weighted by atomic mass is 9.99. The van der Waals surface area contributed by atoms with Gasteiger partial charge in [0.2, 0.25) is 0 Å². The molecule has 0 aromatic heterocycles. The van der Waals surface area contributed by atoms with E-state index in [1.165, 1.54) is 25.7 Å². The van der Waals surface area contributed by atoms with Crippen molar-refractivity contribution in [3.05, 3.63) is 54.6 Å². The van der Waals surface area contributed by atoms with Gasteiger partial charge in [-0.25, -0.2) is 0 Å². The van der Waals surface area contributed by atoms with Crippen LogP contribution in [-0.4, -0.2) is 17.1 Å². The number of rotatable bonds is 6. The minimum absolute atomic E-state index is 0.305. The Morgan fingerprint density at radius 2 is 1.62 bits per heavy atom. The number of aliphatic hydroxyl groups is 1. The van der Waals surface area contributed by atoms with Crippen LogP contribution < -0.4 is 5.32 Å². The second kappa shape index (κ2) is 8.11. The van der Waals surface area contributed by atoms with Crippen molar-refractivity contribution in [3.8, 4) is 11.1 Å². The highest BCUT2D eigenvalue weighted by Gasteiger charge is 2.20. The average Bonchev–Trinajstić information content (AvgIpc) is 3.14. The normalized spacial score (nSPS) is 16.0. The van der Waals surface area contributed by atoms with Gasteiger partial charge in [-0.2, -0.15) is 0 Å². The summed E-state index contributed by atoms with van der Waals surface area (Å²) in [7, 11) is 0. The van der Waals surface area contributed by atoms with Gasteiger partial charge in [-0.05, 0) is 42.0 Å². The zero-order chi connectivity index (χ0) is 16.8. The fourth-order valence-corrected chi connectivity index (χ4v) is 3.43. The number of aliphatic hydroxyl groups excluding tert-OH is 1. The third-order valence-electron chi connectivity index (χ3n) is 4.89. The van der Waals surface area contributed by atoms with Gasteiger partial charge in [0.05, 0.1) is 0 Å². The number of benzene rings is 2. The maximum Gasteiger partial charge on any atom is 0.253 e. The highest BCUT2D eigenvalue weighted by Crippen LogP contribution is 2.29. The molecule has 0 heterocycles. The highest BCUT2D eigenvalue weighted by molar-refractivity contribution is 5.94. The number of anilines is 1. The fraction of sp³-hybridized carbons (Fsp3) is 0.381. The van der Waals surface area contributed by atoms with Crippen LogP contribution in [-0.2, 0) is 4.79 Å². The van der Waals surface area contributed by atoms with Gasteiger partial charge in [0, 0.05) is 5.69 Å². The molecule has 3 rings (SSSR count). The molecule has 3 heteroatoms. The number of hydrogen-bond donors (Lipinski definition) is 2. The first-order valence-corrected chi connectivity index (χ1v) is 8.87. The summed E-state index contributed by atoms with van der Waals surface area (Å²) in [6.07, 6.45) is 5.66. The molecule has 1 aliphatic rings.